The van der Waals surface area contributed by atoms with Crippen LogP contribution >= 0.6 is 0 Å². The van der Waals surface area contributed by atoms with Crippen LogP contribution in [-0.2, 0) is 4.79 Å². The van der Waals surface area contributed by atoms with Gasteiger partial charge in [-0.05, 0) is 0 Å². The largest absolute Gasteiger partial charge is 0.300 e. The van der Waals surface area contributed by atoms with E-state index in [2.05, 4.69) is 6.58 Å². The van der Waals surface area contributed by atoms with Crippen molar-refractivity contribution < 1.29 is 18.4 Å². The highest BCUT2D eigenvalue weighted by atomic mass is 19.3. The lowest BCUT2D eigenvalue weighted by Gasteiger charge is -2.02. The number of carbonyl (C=O) groups is 2. The second-order valence-electron chi connectivity index (χ2n) is 2.84. The van der Waals surface area contributed by atoms with Crippen molar-refractivity contribution >= 4 is 11.6 Å². The van der Waals surface area contributed by atoms with Crippen molar-refractivity contribution in [2.75, 3.05) is 0 Å². The van der Waals surface area contributed by atoms with Gasteiger partial charge in [-0.1, -0.05) is 36.9 Å². The Bertz CT molecular complexity index is 396. The minimum atomic E-state index is -3.19. The summed E-state index contributed by atoms with van der Waals surface area (Å²) in [6, 6.07) is 7.70. The Balaban J connectivity index is 2.88. The van der Waals surface area contributed by atoms with Crippen LogP contribution in [0.2, 0.25) is 0 Å². The maximum atomic E-state index is 12.0. The molecule has 0 radical (unpaired) electrons. The van der Waals surface area contributed by atoms with E-state index in [1.807, 2.05) is 0 Å². The standard InChI is InChI=1S/C11H8F2O2/c1-7(10(15)11(12)13)9(14)8-5-3-2-4-6-8/h2-6,11H,1H2. The Morgan fingerprint density at radius 2 is 1.67 bits per heavy atom. The topological polar surface area (TPSA) is 34.1 Å². The van der Waals surface area contributed by atoms with Crippen LogP contribution in [0.1, 0.15) is 10.4 Å². The van der Waals surface area contributed by atoms with Gasteiger partial charge in [-0.25, -0.2) is 8.78 Å². The molecule has 0 unspecified atom stereocenters. The van der Waals surface area contributed by atoms with Gasteiger partial charge in [-0.15, -0.1) is 0 Å². The summed E-state index contributed by atoms with van der Waals surface area (Å²) in [5.41, 5.74) is -0.507. The molecule has 0 saturated heterocycles. The molecule has 78 valence electrons. The second-order valence-corrected chi connectivity index (χ2v) is 2.84. The zero-order valence-corrected chi connectivity index (χ0v) is 7.74. The van der Waals surface area contributed by atoms with Crippen LogP contribution in [-0.4, -0.2) is 18.0 Å². The summed E-state index contributed by atoms with van der Waals surface area (Å²) in [6.07, 6.45) is -3.19. The zero-order chi connectivity index (χ0) is 11.4. The van der Waals surface area contributed by atoms with Crippen molar-refractivity contribution in [3.63, 3.8) is 0 Å². The molecule has 0 saturated carbocycles. The quantitative estimate of drug-likeness (QED) is 0.330. The third kappa shape index (κ3) is 2.56. The summed E-state index contributed by atoms with van der Waals surface area (Å²) < 4.78 is 24.0. The third-order valence-electron chi connectivity index (χ3n) is 1.81. The maximum absolute atomic E-state index is 12.0. The molecule has 0 aromatic heterocycles. The molecule has 0 heterocycles. The van der Waals surface area contributed by atoms with E-state index < -0.39 is 23.6 Å². The average Bonchev–Trinajstić information content (AvgIpc) is 2.27. The maximum Gasteiger partial charge on any atom is 0.300 e. The molecule has 0 amide bonds. The van der Waals surface area contributed by atoms with E-state index in [4.69, 9.17) is 0 Å². The smallest absolute Gasteiger partial charge is 0.288 e. The van der Waals surface area contributed by atoms with Gasteiger partial charge in [0.25, 0.3) is 0 Å². The lowest BCUT2D eigenvalue weighted by molar-refractivity contribution is -0.125. The molecule has 0 atom stereocenters. The van der Waals surface area contributed by atoms with Gasteiger partial charge in [0.15, 0.2) is 5.78 Å². The average molecular weight is 210 g/mol. The highest BCUT2D eigenvalue weighted by Gasteiger charge is 2.24. The van der Waals surface area contributed by atoms with Gasteiger partial charge in [0, 0.05) is 5.56 Å². The number of alkyl halides is 2. The number of ketones is 2. The Labute approximate surface area is 85.2 Å². The number of allylic oxidation sites excluding steroid dienone is 1. The van der Waals surface area contributed by atoms with E-state index in [0.29, 0.717) is 0 Å². The van der Waals surface area contributed by atoms with Gasteiger partial charge in [-0.3, -0.25) is 9.59 Å². The van der Waals surface area contributed by atoms with E-state index >= 15 is 0 Å². The first-order valence-corrected chi connectivity index (χ1v) is 4.15. The molecule has 0 spiro atoms. The predicted molar refractivity (Wildman–Crippen MR) is 50.9 cm³/mol. The van der Waals surface area contributed by atoms with E-state index in [9.17, 15) is 18.4 Å². The number of hydrogen-bond donors (Lipinski definition) is 0. The molecule has 0 aliphatic carbocycles. The molecule has 0 bridgehead atoms. The monoisotopic (exact) mass is 210 g/mol. The Morgan fingerprint density at radius 3 is 2.13 bits per heavy atom. The normalized spacial score (nSPS) is 10.1. The number of hydrogen-bond acceptors (Lipinski definition) is 2. The molecule has 1 aromatic carbocycles. The number of rotatable bonds is 4. The minimum absolute atomic E-state index is 0.177. The van der Waals surface area contributed by atoms with Gasteiger partial charge in [0.1, 0.15) is 0 Å². The fourth-order valence-corrected chi connectivity index (χ4v) is 1.01. The van der Waals surface area contributed by atoms with Crippen molar-refractivity contribution in [3.05, 3.63) is 48.0 Å². The summed E-state index contributed by atoms with van der Waals surface area (Å²) in [5, 5.41) is 0. The fourth-order valence-electron chi connectivity index (χ4n) is 1.01. The third-order valence-corrected chi connectivity index (χ3v) is 1.81. The molecule has 1 rings (SSSR count). The van der Waals surface area contributed by atoms with Crippen molar-refractivity contribution in [1.82, 2.24) is 0 Å². The molecule has 15 heavy (non-hydrogen) atoms. The molecule has 0 aliphatic heterocycles. The highest BCUT2D eigenvalue weighted by molar-refractivity contribution is 6.26. The van der Waals surface area contributed by atoms with Crippen LogP contribution in [0.25, 0.3) is 0 Å². The first-order chi connectivity index (χ1) is 7.04. The molecule has 2 nitrogen and oxygen atoms in total. The minimum Gasteiger partial charge on any atom is -0.288 e. The van der Waals surface area contributed by atoms with Crippen molar-refractivity contribution in [1.29, 1.82) is 0 Å². The van der Waals surface area contributed by atoms with Gasteiger partial charge in [0.2, 0.25) is 5.78 Å². The van der Waals surface area contributed by atoms with Crippen LogP contribution < -0.4 is 0 Å². The first kappa shape index (κ1) is 11.2. The fraction of sp³-hybridized carbons (Fsp3) is 0.0909. The molecule has 4 heteroatoms. The van der Waals surface area contributed by atoms with Crippen molar-refractivity contribution in [3.8, 4) is 0 Å². The van der Waals surface area contributed by atoms with Crippen molar-refractivity contribution in [2.24, 2.45) is 0 Å². The van der Waals surface area contributed by atoms with Crippen LogP contribution in [0.4, 0.5) is 8.78 Å². The van der Waals surface area contributed by atoms with E-state index in [-0.39, 0.29) is 5.56 Å². The van der Waals surface area contributed by atoms with Crippen LogP contribution in [0.15, 0.2) is 42.5 Å². The lowest BCUT2D eigenvalue weighted by atomic mass is 10.0. The molecule has 1 aromatic rings. The van der Waals surface area contributed by atoms with Gasteiger partial charge >= 0.3 is 6.43 Å². The first-order valence-electron chi connectivity index (χ1n) is 4.15. The zero-order valence-electron chi connectivity index (χ0n) is 7.74. The summed E-state index contributed by atoms with van der Waals surface area (Å²) in [7, 11) is 0. The number of Topliss-reactive ketones (excluding diaryl/α,β-unsaturated/α-hetero) is 2. The highest BCUT2D eigenvalue weighted by Crippen LogP contribution is 2.11. The molecular formula is C11H8F2O2. The van der Waals surface area contributed by atoms with E-state index in [1.165, 1.54) is 12.1 Å². The Kier molecular flexibility index (Phi) is 3.44. The summed E-state index contributed by atoms with van der Waals surface area (Å²) in [6.45, 7) is 3.07. The molecule has 0 fully saturated rings. The predicted octanol–water partition coefficient (Wildman–Crippen LogP) is 2.26. The molecular weight excluding hydrogens is 202 g/mol. The van der Waals surface area contributed by atoms with Crippen LogP contribution in [0.3, 0.4) is 0 Å². The van der Waals surface area contributed by atoms with Crippen molar-refractivity contribution in [2.45, 2.75) is 6.43 Å². The molecule has 0 aliphatic rings. The summed E-state index contributed by atoms with van der Waals surface area (Å²) >= 11 is 0. The lowest BCUT2D eigenvalue weighted by Crippen LogP contribution is -2.18. The van der Waals surface area contributed by atoms with E-state index in [1.54, 1.807) is 18.2 Å². The number of benzene rings is 1. The Hall–Kier alpha value is -1.84. The Morgan fingerprint density at radius 1 is 1.13 bits per heavy atom. The van der Waals surface area contributed by atoms with Gasteiger partial charge in [0.05, 0.1) is 5.57 Å². The number of carbonyl (C=O) groups excluding carboxylic acids is 2. The summed E-state index contributed by atoms with van der Waals surface area (Å²) in [5.74, 6) is -2.29. The van der Waals surface area contributed by atoms with Crippen LogP contribution in [0, 0.1) is 0 Å². The SMILES string of the molecule is C=C(C(=O)c1ccccc1)C(=O)C(F)F. The molecule has 0 N–H and O–H groups in total. The van der Waals surface area contributed by atoms with Gasteiger partial charge in [-0.2, -0.15) is 0 Å². The summed E-state index contributed by atoms with van der Waals surface area (Å²) in [4.78, 5) is 22.2. The van der Waals surface area contributed by atoms with Crippen LogP contribution in [0.5, 0.6) is 0 Å². The number of halogens is 2. The van der Waals surface area contributed by atoms with E-state index in [0.717, 1.165) is 0 Å². The van der Waals surface area contributed by atoms with Gasteiger partial charge < -0.3 is 0 Å². The second kappa shape index (κ2) is 4.59.